The molecule has 0 fully saturated rings. The Bertz CT molecular complexity index is 1220. The molecule has 5 nitrogen and oxygen atoms in total. The third kappa shape index (κ3) is 3.59. The number of aromatic amines is 1. The number of rotatable bonds is 4. The molecule has 0 bridgehead atoms. The van der Waals surface area contributed by atoms with Gasteiger partial charge >= 0.3 is 0 Å². The smallest absolute Gasteiger partial charge is 0.226 e. The molecule has 0 atom stereocenters. The molecule has 0 aliphatic carbocycles. The maximum atomic E-state index is 14.4. The van der Waals surface area contributed by atoms with E-state index in [9.17, 15) is 9.18 Å². The monoisotopic (exact) mass is 408 g/mol. The van der Waals surface area contributed by atoms with Gasteiger partial charge in [-0.25, -0.2) is 9.37 Å². The molecule has 1 aromatic carbocycles. The summed E-state index contributed by atoms with van der Waals surface area (Å²) in [5, 5.41) is 1.09. The summed E-state index contributed by atoms with van der Waals surface area (Å²) in [5.41, 5.74) is 3.86. The van der Waals surface area contributed by atoms with Gasteiger partial charge in [0, 0.05) is 66.5 Å². The quantitative estimate of drug-likeness (QED) is 0.531. The maximum absolute atomic E-state index is 14.4. The van der Waals surface area contributed by atoms with Crippen molar-refractivity contribution in [2.24, 2.45) is 0 Å². The van der Waals surface area contributed by atoms with Crippen molar-refractivity contribution in [2.45, 2.75) is 6.42 Å². The molecule has 29 heavy (non-hydrogen) atoms. The number of likely N-dealkylation sites (N-methyl/N-ethyl adjacent to an activating group) is 1. The van der Waals surface area contributed by atoms with E-state index >= 15 is 0 Å². The van der Waals surface area contributed by atoms with E-state index < -0.39 is 0 Å². The molecular weight excluding hydrogens is 391 g/mol. The minimum atomic E-state index is -0.333. The highest BCUT2D eigenvalue weighted by Crippen LogP contribution is 2.39. The summed E-state index contributed by atoms with van der Waals surface area (Å²) in [6.07, 6.45) is 6.93. The Balaban J connectivity index is 1.82. The average Bonchev–Trinajstić information content (AvgIpc) is 3.13. The Hall–Kier alpha value is -3.25. The van der Waals surface area contributed by atoms with Crippen LogP contribution in [0.1, 0.15) is 5.56 Å². The van der Waals surface area contributed by atoms with Crippen molar-refractivity contribution >= 4 is 28.5 Å². The van der Waals surface area contributed by atoms with Gasteiger partial charge in [-0.15, -0.1) is 0 Å². The number of hydrogen-bond donors (Lipinski definition) is 1. The summed E-state index contributed by atoms with van der Waals surface area (Å²) >= 11 is 6.75. The normalized spacial score (nSPS) is 11.0. The number of halogens is 2. The van der Waals surface area contributed by atoms with Gasteiger partial charge in [-0.3, -0.25) is 9.78 Å². The number of hydrogen-bond acceptors (Lipinski definition) is 3. The van der Waals surface area contributed by atoms with Crippen LogP contribution in [-0.2, 0) is 11.2 Å². The molecule has 146 valence electrons. The number of amides is 1. The Kier molecular flexibility index (Phi) is 5.03. The Labute approximate surface area is 172 Å². The molecule has 0 aliphatic heterocycles. The van der Waals surface area contributed by atoms with Gasteiger partial charge in [0.2, 0.25) is 5.91 Å². The molecule has 0 saturated heterocycles. The van der Waals surface area contributed by atoms with Crippen molar-refractivity contribution in [3.05, 3.63) is 71.5 Å². The number of aromatic nitrogens is 3. The number of pyridine rings is 2. The molecule has 1 amide bonds. The van der Waals surface area contributed by atoms with Crippen molar-refractivity contribution in [3.63, 3.8) is 0 Å². The van der Waals surface area contributed by atoms with Crippen LogP contribution in [0.25, 0.3) is 33.3 Å². The zero-order valence-corrected chi connectivity index (χ0v) is 16.7. The SMILES string of the molecule is CN(C)C(=O)Cc1cncc(-c2cnc3[nH]cc(-c4ccccc4F)c3c2Cl)c1. The predicted octanol–water partition coefficient (Wildman–Crippen LogP) is 4.72. The Morgan fingerprint density at radius 3 is 2.69 bits per heavy atom. The van der Waals surface area contributed by atoms with E-state index in [1.54, 1.807) is 57.1 Å². The van der Waals surface area contributed by atoms with Crippen LogP contribution in [0.5, 0.6) is 0 Å². The van der Waals surface area contributed by atoms with Gasteiger partial charge in [0.25, 0.3) is 0 Å². The van der Waals surface area contributed by atoms with Gasteiger partial charge in [0.1, 0.15) is 11.5 Å². The predicted molar refractivity (Wildman–Crippen MR) is 112 cm³/mol. The number of nitrogens with zero attached hydrogens (tertiary/aromatic N) is 3. The van der Waals surface area contributed by atoms with Gasteiger partial charge in [-0.05, 0) is 17.7 Å². The minimum absolute atomic E-state index is 0.0175. The van der Waals surface area contributed by atoms with Crippen LogP contribution >= 0.6 is 11.6 Å². The fourth-order valence-corrected chi connectivity index (χ4v) is 3.56. The highest BCUT2D eigenvalue weighted by molar-refractivity contribution is 6.39. The molecule has 0 aliphatic rings. The number of carbonyl (C=O) groups excluding carboxylic acids is 1. The van der Waals surface area contributed by atoms with Crippen molar-refractivity contribution in [1.29, 1.82) is 0 Å². The lowest BCUT2D eigenvalue weighted by Gasteiger charge is -2.11. The lowest BCUT2D eigenvalue weighted by Crippen LogP contribution is -2.23. The number of carbonyl (C=O) groups is 1. The van der Waals surface area contributed by atoms with Crippen molar-refractivity contribution in [1.82, 2.24) is 19.9 Å². The zero-order chi connectivity index (χ0) is 20.5. The summed E-state index contributed by atoms with van der Waals surface area (Å²) in [7, 11) is 3.43. The largest absolute Gasteiger partial charge is 0.349 e. The van der Waals surface area contributed by atoms with Crippen molar-refractivity contribution < 1.29 is 9.18 Å². The summed E-state index contributed by atoms with van der Waals surface area (Å²) < 4.78 is 14.4. The van der Waals surface area contributed by atoms with Gasteiger partial charge in [0.05, 0.1) is 11.4 Å². The van der Waals surface area contributed by atoms with Crippen molar-refractivity contribution in [3.8, 4) is 22.3 Å². The molecule has 4 rings (SSSR count). The van der Waals surface area contributed by atoms with E-state index in [2.05, 4.69) is 15.0 Å². The number of fused-ring (bicyclic) bond motifs is 1. The van der Waals surface area contributed by atoms with E-state index in [-0.39, 0.29) is 18.1 Å². The summed E-state index contributed by atoms with van der Waals surface area (Å²) in [5.74, 6) is -0.350. The lowest BCUT2D eigenvalue weighted by atomic mass is 10.0. The van der Waals surface area contributed by atoms with E-state index in [4.69, 9.17) is 11.6 Å². The van der Waals surface area contributed by atoms with Crippen LogP contribution in [0, 0.1) is 5.82 Å². The Morgan fingerprint density at radius 1 is 1.14 bits per heavy atom. The molecule has 3 aromatic heterocycles. The first-order valence-corrected chi connectivity index (χ1v) is 9.38. The zero-order valence-electron chi connectivity index (χ0n) is 15.9. The first-order valence-electron chi connectivity index (χ1n) is 9.00. The number of H-pyrrole nitrogens is 1. The van der Waals surface area contributed by atoms with Crippen LogP contribution in [0.4, 0.5) is 4.39 Å². The third-order valence-electron chi connectivity index (χ3n) is 4.76. The second-order valence-electron chi connectivity index (χ2n) is 6.94. The first-order chi connectivity index (χ1) is 14.0. The van der Waals surface area contributed by atoms with Crippen LogP contribution in [0.3, 0.4) is 0 Å². The van der Waals surface area contributed by atoms with Crippen LogP contribution in [0.2, 0.25) is 5.02 Å². The molecule has 7 heteroatoms. The highest BCUT2D eigenvalue weighted by Gasteiger charge is 2.17. The second-order valence-corrected chi connectivity index (χ2v) is 7.32. The number of benzene rings is 1. The van der Waals surface area contributed by atoms with E-state index in [1.807, 2.05) is 6.07 Å². The van der Waals surface area contributed by atoms with Crippen LogP contribution in [-0.4, -0.2) is 39.9 Å². The molecule has 0 spiro atoms. The molecule has 3 heterocycles. The maximum Gasteiger partial charge on any atom is 0.226 e. The van der Waals surface area contributed by atoms with Gasteiger partial charge < -0.3 is 9.88 Å². The topological polar surface area (TPSA) is 61.9 Å². The fourth-order valence-electron chi connectivity index (χ4n) is 3.21. The number of nitrogens with one attached hydrogen (secondary N) is 1. The molecular formula is C22H18ClFN4O. The molecule has 0 radical (unpaired) electrons. The second kappa shape index (κ2) is 7.64. The van der Waals surface area contributed by atoms with Crippen LogP contribution in [0.15, 0.2) is 55.1 Å². The molecule has 0 unspecified atom stereocenters. The van der Waals surface area contributed by atoms with E-state index in [0.717, 1.165) is 11.1 Å². The average molecular weight is 409 g/mol. The fraction of sp³-hybridized carbons (Fsp3) is 0.136. The van der Waals surface area contributed by atoms with Crippen molar-refractivity contribution in [2.75, 3.05) is 14.1 Å². The van der Waals surface area contributed by atoms with E-state index in [0.29, 0.717) is 32.7 Å². The molecule has 4 aromatic rings. The first kappa shape index (κ1) is 19.1. The molecule has 0 saturated carbocycles. The van der Waals surface area contributed by atoms with Crippen LogP contribution < -0.4 is 0 Å². The summed E-state index contributed by atoms with van der Waals surface area (Å²) in [6, 6.07) is 8.41. The summed E-state index contributed by atoms with van der Waals surface area (Å²) in [6.45, 7) is 0. The molecule has 1 N–H and O–H groups in total. The standard InChI is InChI=1S/C22H18ClFN4O/c1-28(2)19(29)8-13-7-14(10-25-9-13)16-11-26-22-20(21(16)23)17(12-27-22)15-5-3-4-6-18(15)24/h3-7,9-12H,8H2,1-2H3,(H,26,27). The third-order valence-corrected chi connectivity index (χ3v) is 5.15. The summed E-state index contributed by atoms with van der Waals surface area (Å²) in [4.78, 5) is 25.3. The Morgan fingerprint density at radius 2 is 1.93 bits per heavy atom. The van der Waals surface area contributed by atoms with Gasteiger partial charge in [-0.1, -0.05) is 29.8 Å². The van der Waals surface area contributed by atoms with Gasteiger partial charge in [-0.2, -0.15) is 0 Å². The van der Waals surface area contributed by atoms with Gasteiger partial charge in [0.15, 0.2) is 0 Å². The lowest BCUT2D eigenvalue weighted by molar-refractivity contribution is -0.127. The highest BCUT2D eigenvalue weighted by atomic mass is 35.5. The van der Waals surface area contributed by atoms with E-state index in [1.165, 1.54) is 11.0 Å². The minimum Gasteiger partial charge on any atom is -0.349 e.